The Morgan fingerprint density at radius 2 is 1.72 bits per heavy atom. The van der Waals surface area contributed by atoms with E-state index < -0.39 is 0 Å². The van der Waals surface area contributed by atoms with Crippen LogP contribution in [0, 0.1) is 0 Å². The van der Waals surface area contributed by atoms with E-state index in [0.717, 1.165) is 11.4 Å². The van der Waals surface area contributed by atoms with Crippen molar-refractivity contribution >= 4 is 46.2 Å². The number of thiocarbonyl (C=S) groups is 1. The zero-order valence-electron chi connectivity index (χ0n) is 13.5. The first-order valence-electron chi connectivity index (χ1n) is 7.92. The topological polar surface area (TPSA) is 53.6 Å². The fourth-order valence-corrected chi connectivity index (χ4v) is 2.93. The summed E-state index contributed by atoms with van der Waals surface area (Å²) >= 11 is 11.2. The summed E-state index contributed by atoms with van der Waals surface area (Å²) in [5.41, 5.74) is 2.27. The van der Waals surface area contributed by atoms with Crippen molar-refractivity contribution in [1.82, 2.24) is 4.90 Å². The number of hydrogen-bond donors (Lipinski definition) is 2. The molecule has 0 radical (unpaired) electrons. The first-order chi connectivity index (χ1) is 12.1. The van der Waals surface area contributed by atoms with Gasteiger partial charge >= 0.3 is 0 Å². The SMILES string of the molecule is O=C(c1ccc(NC(=S)Nc2cccc(Cl)c2)cc1)N1CCOCC1. The molecule has 1 aliphatic rings. The summed E-state index contributed by atoms with van der Waals surface area (Å²) in [6, 6.07) is 14.6. The number of benzene rings is 2. The quantitative estimate of drug-likeness (QED) is 0.802. The number of carbonyl (C=O) groups excluding carboxylic acids is 1. The van der Waals surface area contributed by atoms with Crippen molar-refractivity contribution in [2.45, 2.75) is 0 Å². The summed E-state index contributed by atoms with van der Waals surface area (Å²) in [7, 11) is 0. The molecule has 2 N–H and O–H groups in total. The molecule has 1 fully saturated rings. The Morgan fingerprint density at radius 3 is 2.40 bits per heavy atom. The van der Waals surface area contributed by atoms with E-state index in [0.29, 0.717) is 42.0 Å². The highest BCUT2D eigenvalue weighted by molar-refractivity contribution is 7.80. The lowest BCUT2D eigenvalue weighted by atomic mass is 10.1. The summed E-state index contributed by atoms with van der Waals surface area (Å²) in [4.78, 5) is 14.2. The minimum atomic E-state index is 0.0227. The predicted molar refractivity (Wildman–Crippen MR) is 104 cm³/mol. The lowest BCUT2D eigenvalue weighted by molar-refractivity contribution is 0.0303. The fraction of sp³-hybridized carbons (Fsp3) is 0.222. The van der Waals surface area contributed by atoms with Crippen molar-refractivity contribution < 1.29 is 9.53 Å². The van der Waals surface area contributed by atoms with E-state index in [4.69, 9.17) is 28.6 Å². The Kier molecular flexibility index (Phi) is 5.86. The van der Waals surface area contributed by atoms with E-state index in [-0.39, 0.29) is 5.91 Å². The van der Waals surface area contributed by atoms with Crippen molar-refractivity contribution in [3.05, 3.63) is 59.1 Å². The van der Waals surface area contributed by atoms with Crippen LogP contribution in [0.15, 0.2) is 48.5 Å². The van der Waals surface area contributed by atoms with Crippen molar-refractivity contribution in [3.63, 3.8) is 0 Å². The Balaban J connectivity index is 1.58. The molecule has 0 saturated carbocycles. The van der Waals surface area contributed by atoms with Crippen LogP contribution in [0.1, 0.15) is 10.4 Å². The van der Waals surface area contributed by atoms with Crippen LogP contribution in [0.3, 0.4) is 0 Å². The van der Waals surface area contributed by atoms with Gasteiger partial charge in [0.1, 0.15) is 0 Å². The molecule has 5 nitrogen and oxygen atoms in total. The number of hydrogen-bond acceptors (Lipinski definition) is 3. The van der Waals surface area contributed by atoms with Crippen molar-refractivity contribution in [1.29, 1.82) is 0 Å². The highest BCUT2D eigenvalue weighted by Crippen LogP contribution is 2.16. The van der Waals surface area contributed by atoms with E-state index in [9.17, 15) is 4.79 Å². The maximum absolute atomic E-state index is 12.4. The minimum absolute atomic E-state index is 0.0227. The van der Waals surface area contributed by atoms with Crippen LogP contribution in [0.2, 0.25) is 5.02 Å². The molecule has 25 heavy (non-hydrogen) atoms. The smallest absolute Gasteiger partial charge is 0.254 e. The molecule has 0 aromatic heterocycles. The van der Waals surface area contributed by atoms with E-state index in [1.165, 1.54) is 0 Å². The number of ether oxygens (including phenoxy) is 1. The van der Waals surface area contributed by atoms with Gasteiger partial charge in [-0.1, -0.05) is 17.7 Å². The molecule has 2 aromatic carbocycles. The number of nitrogens with zero attached hydrogens (tertiary/aromatic N) is 1. The zero-order chi connectivity index (χ0) is 17.6. The van der Waals surface area contributed by atoms with Crippen LogP contribution < -0.4 is 10.6 Å². The Hall–Kier alpha value is -2.15. The van der Waals surface area contributed by atoms with Crippen molar-refractivity contribution in [3.8, 4) is 0 Å². The van der Waals surface area contributed by atoms with Gasteiger partial charge in [-0.2, -0.15) is 0 Å². The van der Waals surface area contributed by atoms with Gasteiger partial charge in [0.05, 0.1) is 13.2 Å². The second kappa shape index (κ2) is 8.29. The summed E-state index contributed by atoms with van der Waals surface area (Å²) in [6.45, 7) is 2.45. The molecular formula is C18H18ClN3O2S. The number of amides is 1. The molecule has 2 aromatic rings. The molecule has 1 heterocycles. The van der Waals surface area contributed by atoms with Crippen LogP contribution in [0.5, 0.6) is 0 Å². The summed E-state index contributed by atoms with van der Waals surface area (Å²) in [5, 5.41) is 7.25. The first kappa shape index (κ1) is 17.7. The number of rotatable bonds is 3. The normalized spacial score (nSPS) is 14.0. The second-order valence-electron chi connectivity index (χ2n) is 5.57. The lowest BCUT2D eigenvalue weighted by Gasteiger charge is -2.26. The Labute approximate surface area is 156 Å². The average Bonchev–Trinajstić information content (AvgIpc) is 2.62. The molecule has 1 saturated heterocycles. The molecule has 1 amide bonds. The molecule has 0 spiro atoms. The number of halogens is 1. The third kappa shape index (κ3) is 4.92. The zero-order valence-corrected chi connectivity index (χ0v) is 15.1. The maximum Gasteiger partial charge on any atom is 0.254 e. The van der Waals surface area contributed by atoms with Gasteiger partial charge in [-0.15, -0.1) is 0 Å². The predicted octanol–water partition coefficient (Wildman–Crippen LogP) is 3.62. The van der Waals surface area contributed by atoms with Gasteiger partial charge in [0.25, 0.3) is 5.91 Å². The van der Waals surface area contributed by atoms with Crippen molar-refractivity contribution in [2.75, 3.05) is 36.9 Å². The highest BCUT2D eigenvalue weighted by Gasteiger charge is 2.18. The van der Waals surface area contributed by atoms with E-state index in [1.54, 1.807) is 29.2 Å². The molecule has 0 unspecified atom stereocenters. The number of morpholine rings is 1. The fourth-order valence-electron chi connectivity index (χ4n) is 2.50. The van der Waals surface area contributed by atoms with Crippen LogP contribution in [0.4, 0.5) is 11.4 Å². The molecule has 0 bridgehead atoms. The Morgan fingerprint density at radius 1 is 1.04 bits per heavy atom. The third-order valence-corrected chi connectivity index (χ3v) is 4.21. The minimum Gasteiger partial charge on any atom is -0.378 e. The van der Waals surface area contributed by atoms with Crippen LogP contribution >= 0.6 is 23.8 Å². The van der Waals surface area contributed by atoms with Gasteiger partial charge in [0.2, 0.25) is 0 Å². The second-order valence-corrected chi connectivity index (χ2v) is 6.42. The van der Waals surface area contributed by atoms with Gasteiger partial charge in [-0.25, -0.2) is 0 Å². The van der Waals surface area contributed by atoms with E-state index >= 15 is 0 Å². The van der Waals surface area contributed by atoms with Crippen LogP contribution in [0.25, 0.3) is 0 Å². The average molecular weight is 376 g/mol. The number of carbonyl (C=O) groups is 1. The summed E-state index contributed by atoms with van der Waals surface area (Å²) in [6.07, 6.45) is 0. The van der Waals surface area contributed by atoms with Gasteiger partial charge in [-0.05, 0) is 54.7 Å². The molecule has 130 valence electrons. The third-order valence-electron chi connectivity index (χ3n) is 3.77. The van der Waals surface area contributed by atoms with Gasteiger partial charge in [0, 0.05) is 35.1 Å². The number of nitrogens with one attached hydrogen (secondary N) is 2. The molecular weight excluding hydrogens is 358 g/mol. The van der Waals surface area contributed by atoms with Gasteiger partial charge in [-0.3, -0.25) is 4.79 Å². The van der Waals surface area contributed by atoms with Crippen LogP contribution in [-0.2, 0) is 4.74 Å². The molecule has 7 heteroatoms. The molecule has 0 aliphatic carbocycles. The summed E-state index contributed by atoms with van der Waals surface area (Å²) in [5.74, 6) is 0.0227. The lowest BCUT2D eigenvalue weighted by Crippen LogP contribution is -2.40. The largest absolute Gasteiger partial charge is 0.378 e. The highest BCUT2D eigenvalue weighted by atomic mass is 35.5. The van der Waals surface area contributed by atoms with Crippen LogP contribution in [-0.4, -0.2) is 42.2 Å². The van der Waals surface area contributed by atoms with Gasteiger partial charge < -0.3 is 20.3 Å². The number of anilines is 2. The molecule has 0 atom stereocenters. The first-order valence-corrected chi connectivity index (χ1v) is 8.71. The molecule has 3 rings (SSSR count). The van der Waals surface area contributed by atoms with E-state index in [1.807, 2.05) is 24.3 Å². The van der Waals surface area contributed by atoms with E-state index in [2.05, 4.69) is 10.6 Å². The Bertz CT molecular complexity index is 761. The van der Waals surface area contributed by atoms with Crippen molar-refractivity contribution in [2.24, 2.45) is 0 Å². The molecule has 1 aliphatic heterocycles. The standard InChI is InChI=1S/C18H18ClN3O2S/c19-14-2-1-3-16(12-14)21-18(25)20-15-6-4-13(5-7-15)17(23)22-8-10-24-11-9-22/h1-7,12H,8-11H2,(H2,20,21,25). The summed E-state index contributed by atoms with van der Waals surface area (Å²) < 4.78 is 5.27. The monoisotopic (exact) mass is 375 g/mol. The maximum atomic E-state index is 12.4. The van der Waals surface area contributed by atoms with Gasteiger partial charge in [0.15, 0.2) is 5.11 Å².